The second-order valence-corrected chi connectivity index (χ2v) is 10.8. The average Bonchev–Trinajstić information content (AvgIpc) is 3.21. The summed E-state index contributed by atoms with van der Waals surface area (Å²) in [6.45, 7) is 7.83. The summed E-state index contributed by atoms with van der Waals surface area (Å²) in [4.78, 5) is 6.37. The molecule has 0 unspecified atom stereocenters. The van der Waals surface area contributed by atoms with Gasteiger partial charge in [0.15, 0.2) is 0 Å². The molecule has 7 heteroatoms. The summed E-state index contributed by atoms with van der Waals surface area (Å²) in [6.07, 6.45) is 3.03. The van der Waals surface area contributed by atoms with Crippen LogP contribution >= 0.6 is 0 Å². The van der Waals surface area contributed by atoms with Crippen LogP contribution in [0.1, 0.15) is 45.6 Å². The summed E-state index contributed by atoms with van der Waals surface area (Å²) in [5, 5.41) is -0.115. The largest absolute Gasteiger partial charge is 0.419 e. The zero-order chi connectivity index (χ0) is 22.2. The maximum Gasteiger partial charge on any atom is 0.236 e. The first-order chi connectivity index (χ1) is 14.7. The number of piperidine rings is 1. The maximum absolute atomic E-state index is 13.4. The van der Waals surface area contributed by atoms with Gasteiger partial charge in [0.2, 0.25) is 26.6 Å². The van der Waals surface area contributed by atoms with Gasteiger partial charge in [-0.05, 0) is 66.6 Å². The van der Waals surface area contributed by atoms with E-state index < -0.39 is 15.7 Å². The molecule has 4 rings (SSSR count). The lowest BCUT2D eigenvalue weighted by atomic mass is 9.87. The van der Waals surface area contributed by atoms with E-state index in [1.165, 1.54) is 17.7 Å². The Morgan fingerprint density at radius 2 is 1.55 bits per heavy atom. The molecule has 1 aliphatic heterocycles. The Morgan fingerprint density at radius 3 is 2.13 bits per heavy atom. The summed E-state index contributed by atoms with van der Waals surface area (Å²) in [5.74, 6) is 0.0376. The van der Waals surface area contributed by atoms with Gasteiger partial charge in [-0.1, -0.05) is 32.9 Å². The Labute approximate surface area is 182 Å². The van der Waals surface area contributed by atoms with Gasteiger partial charge < -0.3 is 9.32 Å². The van der Waals surface area contributed by atoms with E-state index in [-0.39, 0.29) is 27.1 Å². The summed E-state index contributed by atoms with van der Waals surface area (Å²) in [7, 11) is -3.97. The predicted octanol–water partition coefficient (Wildman–Crippen LogP) is 5.60. The molecule has 1 aliphatic rings. The Balaban J connectivity index is 1.80. The quantitative estimate of drug-likeness (QED) is 0.492. The first-order valence-electron chi connectivity index (χ1n) is 10.5. The minimum atomic E-state index is -3.97. The Hall–Kier alpha value is -2.67. The topological polar surface area (TPSA) is 63.4 Å². The van der Waals surface area contributed by atoms with Gasteiger partial charge in [-0.25, -0.2) is 12.8 Å². The van der Waals surface area contributed by atoms with E-state index in [9.17, 15) is 12.8 Å². The molecule has 0 aliphatic carbocycles. The third-order valence-corrected chi connectivity index (χ3v) is 7.27. The van der Waals surface area contributed by atoms with E-state index in [4.69, 9.17) is 4.42 Å². The van der Waals surface area contributed by atoms with Gasteiger partial charge in [0.25, 0.3) is 0 Å². The number of rotatable bonds is 4. The molecule has 0 saturated carbocycles. The zero-order valence-electron chi connectivity index (χ0n) is 18.1. The van der Waals surface area contributed by atoms with Gasteiger partial charge in [-0.15, -0.1) is 0 Å². The monoisotopic (exact) mass is 442 g/mol. The van der Waals surface area contributed by atoms with Crippen molar-refractivity contribution < 1.29 is 17.2 Å². The molecule has 31 heavy (non-hydrogen) atoms. The van der Waals surface area contributed by atoms with Crippen molar-refractivity contribution >= 4 is 15.7 Å². The zero-order valence-corrected chi connectivity index (χ0v) is 18.9. The SMILES string of the molecule is CC(C)(C)c1ccc(-c2nc(S(=O)(=O)c3ccc(F)cc3)c(N3CCCCC3)o2)cc1. The van der Waals surface area contributed by atoms with Crippen LogP contribution in [0, 0.1) is 5.82 Å². The predicted molar refractivity (Wildman–Crippen MR) is 119 cm³/mol. The first-order valence-corrected chi connectivity index (χ1v) is 12.0. The molecular formula is C24H27FN2O3S. The molecule has 0 radical (unpaired) electrons. The van der Waals surface area contributed by atoms with Crippen molar-refractivity contribution in [1.29, 1.82) is 0 Å². The molecule has 164 valence electrons. The number of sulfone groups is 1. The van der Waals surface area contributed by atoms with Crippen molar-refractivity contribution in [2.24, 2.45) is 0 Å². The van der Waals surface area contributed by atoms with E-state index in [1.54, 1.807) is 0 Å². The Bertz CT molecular complexity index is 1160. The Kier molecular flexibility index (Phi) is 5.64. The Morgan fingerprint density at radius 1 is 0.935 bits per heavy atom. The van der Waals surface area contributed by atoms with Crippen molar-refractivity contribution in [3.63, 3.8) is 0 Å². The van der Waals surface area contributed by atoms with Crippen molar-refractivity contribution in [2.45, 2.75) is 55.4 Å². The molecule has 5 nitrogen and oxygen atoms in total. The van der Waals surface area contributed by atoms with Crippen LogP contribution in [0.4, 0.5) is 10.3 Å². The minimum Gasteiger partial charge on any atom is -0.419 e. The smallest absolute Gasteiger partial charge is 0.236 e. The number of nitrogens with zero attached hydrogens (tertiary/aromatic N) is 2. The highest BCUT2D eigenvalue weighted by Gasteiger charge is 2.32. The number of oxazole rings is 1. The van der Waals surface area contributed by atoms with Crippen LogP contribution < -0.4 is 4.90 Å². The number of hydrogen-bond donors (Lipinski definition) is 0. The molecule has 0 bridgehead atoms. The number of anilines is 1. The van der Waals surface area contributed by atoms with E-state index in [0.717, 1.165) is 31.4 Å². The number of benzene rings is 2. The van der Waals surface area contributed by atoms with Crippen LogP contribution in [-0.4, -0.2) is 26.5 Å². The van der Waals surface area contributed by atoms with Crippen molar-refractivity contribution in [3.8, 4) is 11.5 Å². The lowest BCUT2D eigenvalue weighted by Gasteiger charge is -2.26. The summed E-state index contributed by atoms with van der Waals surface area (Å²) < 4.78 is 46.1. The number of hydrogen-bond acceptors (Lipinski definition) is 5. The normalized spacial score (nSPS) is 15.3. The fourth-order valence-electron chi connectivity index (χ4n) is 3.73. The molecule has 1 aromatic heterocycles. The molecule has 0 spiro atoms. The lowest BCUT2D eigenvalue weighted by molar-refractivity contribution is 0.499. The van der Waals surface area contributed by atoms with E-state index in [2.05, 4.69) is 25.8 Å². The van der Waals surface area contributed by atoms with Gasteiger partial charge in [-0.3, -0.25) is 0 Å². The maximum atomic E-state index is 13.4. The fourth-order valence-corrected chi connectivity index (χ4v) is 5.05. The van der Waals surface area contributed by atoms with Crippen molar-refractivity contribution in [3.05, 3.63) is 59.9 Å². The van der Waals surface area contributed by atoms with E-state index in [1.807, 2.05) is 29.2 Å². The molecule has 0 N–H and O–H groups in total. The second kappa shape index (κ2) is 8.11. The highest BCUT2D eigenvalue weighted by molar-refractivity contribution is 7.91. The number of aromatic nitrogens is 1. The van der Waals surface area contributed by atoms with Gasteiger partial charge in [-0.2, -0.15) is 4.98 Å². The summed E-state index contributed by atoms with van der Waals surface area (Å²) in [5.41, 5.74) is 1.88. The van der Waals surface area contributed by atoms with Crippen LogP contribution in [0.15, 0.2) is 62.9 Å². The molecule has 0 atom stereocenters. The minimum absolute atomic E-state index is 0.00455. The van der Waals surface area contributed by atoms with Crippen LogP contribution in [0.5, 0.6) is 0 Å². The van der Waals surface area contributed by atoms with Gasteiger partial charge in [0, 0.05) is 18.7 Å². The molecule has 1 fully saturated rings. The summed E-state index contributed by atoms with van der Waals surface area (Å²) >= 11 is 0. The molecule has 2 aromatic carbocycles. The van der Waals surface area contributed by atoms with Crippen molar-refractivity contribution in [2.75, 3.05) is 18.0 Å². The molecule has 1 saturated heterocycles. The third kappa shape index (κ3) is 4.37. The van der Waals surface area contributed by atoms with Gasteiger partial charge >= 0.3 is 0 Å². The molecule has 3 aromatic rings. The van der Waals surface area contributed by atoms with Crippen LogP contribution in [-0.2, 0) is 15.3 Å². The summed E-state index contributed by atoms with van der Waals surface area (Å²) in [6, 6.07) is 12.6. The molecule has 2 heterocycles. The first kappa shape index (κ1) is 21.6. The molecular weight excluding hydrogens is 415 g/mol. The van der Waals surface area contributed by atoms with Gasteiger partial charge in [0.05, 0.1) is 4.90 Å². The lowest BCUT2D eigenvalue weighted by Crippen LogP contribution is -2.30. The van der Waals surface area contributed by atoms with Crippen molar-refractivity contribution in [1.82, 2.24) is 4.98 Å². The highest BCUT2D eigenvalue weighted by Crippen LogP contribution is 2.36. The average molecular weight is 443 g/mol. The van der Waals surface area contributed by atoms with E-state index in [0.29, 0.717) is 18.7 Å². The number of halogens is 1. The fraction of sp³-hybridized carbons (Fsp3) is 0.375. The third-order valence-electron chi connectivity index (χ3n) is 5.60. The van der Waals surface area contributed by atoms with E-state index >= 15 is 0 Å². The highest BCUT2D eigenvalue weighted by atomic mass is 32.2. The van der Waals surface area contributed by atoms with Crippen LogP contribution in [0.3, 0.4) is 0 Å². The van der Waals surface area contributed by atoms with Crippen LogP contribution in [0.2, 0.25) is 0 Å². The standard InChI is InChI=1S/C24H27FN2O3S/c1-24(2,3)18-9-7-17(8-10-18)21-26-22(23(30-21)27-15-5-4-6-16-27)31(28,29)20-13-11-19(25)12-14-20/h7-14H,4-6,15-16H2,1-3H3. The van der Waals surface area contributed by atoms with Crippen LogP contribution in [0.25, 0.3) is 11.5 Å². The molecule has 0 amide bonds. The second-order valence-electron chi connectivity index (χ2n) is 8.96. The van der Waals surface area contributed by atoms with Gasteiger partial charge in [0.1, 0.15) is 5.82 Å².